The third-order valence-corrected chi connectivity index (χ3v) is 7.12. The molecule has 1 aliphatic rings. The van der Waals surface area contributed by atoms with E-state index in [1.807, 2.05) is 30.0 Å². The number of ether oxygens (including phenoxy) is 2. The van der Waals surface area contributed by atoms with Gasteiger partial charge in [0.2, 0.25) is 0 Å². The van der Waals surface area contributed by atoms with Crippen LogP contribution in [-0.2, 0) is 9.53 Å². The third kappa shape index (κ3) is 5.26. The summed E-state index contributed by atoms with van der Waals surface area (Å²) in [5.74, 6) is -2.00. The Bertz CT molecular complexity index is 1660. The number of rotatable bonds is 7. The molecule has 0 spiro atoms. The van der Waals surface area contributed by atoms with Crippen molar-refractivity contribution in [2.24, 2.45) is 0 Å². The Labute approximate surface area is 234 Å². The zero-order valence-electron chi connectivity index (χ0n) is 22.4. The lowest BCUT2D eigenvalue weighted by Gasteiger charge is -2.40. The topological polar surface area (TPSA) is 122 Å². The van der Waals surface area contributed by atoms with Crippen LogP contribution in [-0.4, -0.2) is 58.8 Å². The van der Waals surface area contributed by atoms with E-state index in [0.29, 0.717) is 42.3 Å². The molecule has 0 aliphatic carbocycles. The quantitative estimate of drug-likeness (QED) is 0.338. The summed E-state index contributed by atoms with van der Waals surface area (Å²) in [6.45, 7) is 3.01. The number of hydrogen-bond donors (Lipinski definition) is 1. The number of fused-ring (bicyclic) bond motifs is 1. The number of halogens is 2. The molecule has 1 amide bonds. The number of aromatic nitrogens is 3. The number of pyridine rings is 2. The average molecular weight is 561 g/mol. The third-order valence-electron chi connectivity index (χ3n) is 7.12. The lowest BCUT2D eigenvalue weighted by Crippen LogP contribution is -2.60. The number of methoxy groups -OCH3 is 1. The van der Waals surface area contributed by atoms with Crippen molar-refractivity contribution in [3.05, 3.63) is 77.8 Å². The monoisotopic (exact) mass is 560 g/mol. The van der Waals surface area contributed by atoms with E-state index in [0.717, 1.165) is 29.3 Å². The Morgan fingerprint density at radius 1 is 1.15 bits per heavy atom. The van der Waals surface area contributed by atoms with Crippen LogP contribution in [0.2, 0.25) is 0 Å². The maximum atomic E-state index is 14.2. The number of nitriles is 1. The zero-order chi connectivity index (χ0) is 29.1. The summed E-state index contributed by atoms with van der Waals surface area (Å²) in [5.41, 5.74) is 0.636. The van der Waals surface area contributed by atoms with E-state index >= 15 is 0 Å². The maximum Gasteiger partial charge on any atom is 0.331 e. The van der Waals surface area contributed by atoms with Gasteiger partial charge >= 0.3 is 5.97 Å². The molecule has 1 saturated heterocycles. The van der Waals surface area contributed by atoms with E-state index in [4.69, 9.17) is 9.47 Å². The molecule has 10 nitrogen and oxygen atoms in total. The van der Waals surface area contributed by atoms with Gasteiger partial charge in [-0.05, 0) is 56.2 Å². The van der Waals surface area contributed by atoms with E-state index in [2.05, 4.69) is 21.5 Å². The van der Waals surface area contributed by atoms with Crippen LogP contribution in [0.1, 0.15) is 35.7 Å². The number of piperidine rings is 1. The fourth-order valence-corrected chi connectivity index (χ4v) is 5.03. The summed E-state index contributed by atoms with van der Waals surface area (Å²) in [6.07, 6.45) is 5.21. The molecule has 5 rings (SSSR count). The number of benzene rings is 1. The maximum absolute atomic E-state index is 14.2. The summed E-state index contributed by atoms with van der Waals surface area (Å²) in [4.78, 5) is 32.2. The second kappa shape index (κ2) is 11.2. The Morgan fingerprint density at radius 3 is 2.59 bits per heavy atom. The summed E-state index contributed by atoms with van der Waals surface area (Å²) >= 11 is 0. The Kier molecular flexibility index (Phi) is 7.52. The molecule has 1 fully saturated rings. The van der Waals surface area contributed by atoms with Crippen LogP contribution in [0.4, 0.5) is 14.6 Å². The van der Waals surface area contributed by atoms with Crippen molar-refractivity contribution in [1.29, 1.82) is 5.26 Å². The van der Waals surface area contributed by atoms with Gasteiger partial charge in [-0.15, -0.1) is 0 Å². The molecule has 1 N–H and O–H groups in total. The summed E-state index contributed by atoms with van der Waals surface area (Å²) < 4.78 is 40.1. The first-order valence-electron chi connectivity index (χ1n) is 12.9. The van der Waals surface area contributed by atoms with E-state index in [1.165, 1.54) is 13.3 Å². The predicted molar refractivity (Wildman–Crippen MR) is 144 cm³/mol. The van der Waals surface area contributed by atoms with Crippen molar-refractivity contribution in [2.45, 2.75) is 25.3 Å². The molecular weight excluding hydrogens is 534 g/mol. The van der Waals surface area contributed by atoms with Crippen LogP contribution in [0.15, 0.2) is 55.0 Å². The van der Waals surface area contributed by atoms with Gasteiger partial charge < -0.3 is 19.7 Å². The molecule has 0 atom stereocenters. The van der Waals surface area contributed by atoms with E-state index < -0.39 is 34.6 Å². The Morgan fingerprint density at radius 2 is 1.93 bits per heavy atom. The number of carbonyl (C=O) groups excluding carboxylic acids is 2. The number of nitrogens with one attached hydrogen (secondary N) is 1. The zero-order valence-corrected chi connectivity index (χ0v) is 22.4. The molecule has 1 aliphatic heterocycles. The van der Waals surface area contributed by atoms with Crippen molar-refractivity contribution in [3.63, 3.8) is 0 Å². The molecule has 0 saturated carbocycles. The molecule has 3 aromatic heterocycles. The second-order valence-electron chi connectivity index (χ2n) is 9.53. The van der Waals surface area contributed by atoms with Crippen molar-refractivity contribution in [1.82, 2.24) is 19.9 Å². The minimum absolute atomic E-state index is 0.157. The number of carbonyl (C=O) groups is 2. The first-order valence-corrected chi connectivity index (χ1v) is 12.9. The van der Waals surface area contributed by atoms with Crippen LogP contribution in [0.3, 0.4) is 0 Å². The Hall–Kier alpha value is -5.05. The Balaban J connectivity index is 1.36. The first-order chi connectivity index (χ1) is 19.8. The van der Waals surface area contributed by atoms with Crippen LogP contribution >= 0.6 is 0 Å². The van der Waals surface area contributed by atoms with Crippen molar-refractivity contribution in [3.8, 4) is 22.9 Å². The van der Waals surface area contributed by atoms with Crippen LogP contribution in [0.25, 0.3) is 16.6 Å². The molecule has 12 heteroatoms. The number of anilines is 1. The van der Waals surface area contributed by atoms with Gasteiger partial charge in [-0.2, -0.15) is 10.4 Å². The van der Waals surface area contributed by atoms with E-state index in [1.54, 1.807) is 16.9 Å². The number of esters is 1. The highest BCUT2D eigenvalue weighted by Crippen LogP contribution is 2.33. The largest absolute Gasteiger partial charge is 0.492 e. The summed E-state index contributed by atoms with van der Waals surface area (Å²) in [6, 6.07) is 10.3. The number of amides is 1. The van der Waals surface area contributed by atoms with Crippen molar-refractivity contribution in [2.75, 3.05) is 31.7 Å². The molecular formula is C29H26F2N6O4. The minimum atomic E-state index is -1.41. The fraction of sp³-hybridized carbons (Fsp3) is 0.276. The lowest BCUT2D eigenvalue weighted by atomic mass is 9.87. The molecule has 4 aromatic rings. The molecule has 41 heavy (non-hydrogen) atoms. The van der Waals surface area contributed by atoms with Gasteiger partial charge in [-0.1, -0.05) is 0 Å². The highest BCUT2D eigenvalue weighted by atomic mass is 19.1. The smallest absolute Gasteiger partial charge is 0.331 e. The first kappa shape index (κ1) is 27.5. The highest BCUT2D eigenvalue weighted by Gasteiger charge is 2.44. The minimum Gasteiger partial charge on any atom is -0.492 e. The normalized spacial score (nSPS) is 14.4. The van der Waals surface area contributed by atoms with E-state index in [9.17, 15) is 23.6 Å². The fourth-order valence-electron chi connectivity index (χ4n) is 5.03. The average Bonchev–Trinajstić information content (AvgIpc) is 3.41. The van der Waals surface area contributed by atoms with Gasteiger partial charge in [0.15, 0.2) is 0 Å². The van der Waals surface area contributed by atoms with Crippen LogP contribution < -0.4 is 15.0 Å². The van der Waals surface area contributed by atoms with Gasteiger partial charge in [0.25, 0.3) is 5.91 Å². The van der Waals surface area contributed by atoms with Gasteiger partial charge in [-0.3, -0.25) is 4.79 Å². The molecule has 0 radical (unpaired) electrons. The summed E-state index contributed by atoms with van der Waals surface area (Å²) in [7, 11) is 1.21. The molecule has 0 unspecified atom stereocenters. The SMILES string of the molecule is CCOc1cc(-c2ccc(N3CCC(NC(=O)c4cc(F)ccc4F)(C(=O)OC)CC3)nc2)c2c(C#N)cnn2c1. The predicted octanol–water partition coefficient (Wildman–Crippen LogP) is 3.89. The van der Waals surface area contributed by atoms with Gasteiger partial charge in [-0.25, -0.2) is 23.1 Å². The standard InChI is InChI=1S/C29H26F2N6O4/c1-3-41-21-13-22(26-19(14-32)16-34-37(26)17-21)18-4-7-25(33-15-18)36-10-8-29(9-11-36,28(39)40-2)35-27(38)23-12-20(30)5-6-24(23)31/h4-7,12-13,15-17H,3,8-11H2,1-2H3,(H,35,38). The number of hydrogen-bond acceptors (Lipinski definition) is 8. The van der Waals surface area contributed by atoms with E-state index in [-0.39, 0.29) is 12.8 Å². The molecule has 0 bridgehead atoms. The lowest BCUT2D eigenvalue weighted by molar-refractivity contribution is -0.149. The van der Waals surface area contributed by atoms with Crippen LogP contribution in [0.5, 0.6) is 5.75 Å². The summed E-state index contributed by atoms with van der Waals surface area (Å²) in [5, 5.41) is 16.4. The highest BCUT2D eigenvalue weighted by molar-refractivity contribution is 5.98. The van der Waals surface area contributed by atoms with Gasteiger partial charge in [0.1, 0.15) is 34.8 Å². The van der Waals surface area contributed by atoms with Crippen molar-refractivity contribution < 1.29 is 27.8 Å². The molecule has 4 heterocycles. The van der Waals surface area contributed by atoms with Crippen LogP contribution in [0, 0.1) is 23.0 Å². The number of nitrogens with zero attached hydrogens (tertiary/aromatic N) is 5. The molecule has 210 valence electrons. The second-order valence-corrected chi connectivity index (χ2v) is 9.53. The van der Waals surface area contributed by atoms with Gasteiger partial charge in [0, 0.05) is 30.4 Å². The van der Waals surface area contributed by atoms with Gasteiger partial charge in [0.05, 0.1) is 42.8 Å². The van der Waals surface area contributed by atoms with Crippen molar-refractivity contribution >= 4 is 23.2 Å². The molecule has 1 aromatic carbocycles.